The molecule has 1 aliphatic carbocycles. The first-order valence-corrected chi connectivity index (χ1v) is 7.57. The van der Waals surface area contributed by atoms with Crippen LogP contribution in [0.1, 0.15) is 56.2 Å². The first kappa shape index (κ1) is 14.5. The van der Waals surface area contributed by atoms with Gasteiger partial charge >= 0.3 is 0 Å². The molecule has 1 aromatic carbocycles. The Bertz CT molecular complexity index is 396. The molecule has 2 N–H and O–H groups in total. The van der Waals surface area contributed by atoms with Crippen molar-refractivity contribution in [2.45, 2.75) is 52.0 Å². The average Bonchev–Trinajstić information content (AvgIpc) is 2.46. The maximum absolute atomic E-state index is 9.74. The summed E-state index contributed by atoms with van der Waals surface area (Å²) in [6.07, 6.45) is 6.19. The molecule has 0 bridgehead atoms. The first-order valence-electron chi connectivity index (χ1n) is 7.57. The molecule has 2 heteroatoms. The molecule has 0 aliphatic heterocycles. The third-order valence-corrected chi connectivity index (χ3v) is 4.69. The van der Waals surface area contributed by atoms with Crippen molar-refractivity contribution in [3.63, 3.8) is 0 Å². The zero-order valence-electron chi connectivity index (χ0n) is 12.3. The number of rotatable bonds is 5. The number of aliphatic hydroxyl groups is 1. The molecule has 19 heavy (non-hydrogen) atoms. The SMILES string of the molecule is Cc1ccccc1C(C)NCC1(CO)CCCCC1. The summed E-state index contributed by atoms with van der Waals surface area (Å²) < 4.78 is 0. The summed E-state index contributed by atoms with van der Waals surface area (Å²) in [4.78, 5) is 0. The number of benzene rings is 1. The lowest BCUT2D eigenvalue weighted by molar-refractivity contribution is 0.0788. The third kappa shape index (κ3) is 3.58. The average molecular weight is 261 g/mol. The van der Waals surface area contributed by atoms with E-state index in [0.29, 0.717) is 12.6 Å². The highest BCUT2D eigenvalue weighted by Crippen LogP contribution is 2.35. The van der Waals surface area contributed by atoms with E-state index in [0.717, 1.165) is 19.4 Å². The van der Waals surface area contributed by atoms with Gasteiger partial charge in [-0.05, 0) is 37.8 Å². The van der Waals surface area contributed by atoms with Crippen molar-refractivity contribution in [2.24, 2.45) is 5.41 Å². The van der Waals surface area contributed by atoms with Crippen molar-refractivity contribution in [1.82, 2.24) is 5.32 Å². The van der Waals surface area contributed by atoms with Gasteiger partial charge < -0.3 is 10.4 Å². The molecule has 1 saturated carbocycles. The summed E-state index contributed by atoms with van der Waals surface area (Å²) in [5.74, 6) is 0. The Balaban J connectivity index is 1.95. The van der Waals surface area contributed by atoms with Crippen LogP contribution < -0.4 is 5.32 Å². The normalized spacial score (nSPS) is 20.2. The number of hydrogen-bond donors (Lipinski definition) is 2. The minimum atomic E-state index is 0.120. The zero-order valence-corrected chi connectivity index (χ0v) is 12.3. The van der Waals surface area contributed by atoms with Crippen LogP contribution in [0.4, 0.5) is 0 Å². The molecule has 1 aromatic rings. The second-order valence-electron chi connectivity index (χ2n) is 6.18. The molecule has 1 fully saturated rings. The van der Waals surface area contributed by atoms with Crippen LogP contribution in [0.5, 0.6) is 0 Å². The van der Waals surface area contributed by atoms with Gasteiger partial charge in [0.15, 0.2) is 0 Å². The fourth-order valence-electron chi connectivity index (χ4n) is 3.24. The predicted octanol–water partition coefficient (Wildman–Crippen LogP) is 3.59. The molecule has 0 aromatic heterocycles. The van der Waals surface area contributed by atoms with Gasteiger partial charge in [0.05, 0.1) is 0 Å². The smallest absolute Gasteiger partial charge is 0.0499 e. The Morgan fingerprint density at radius 3 is 2.53 bits per heavy atom. The predicted molar refractivity (Wildman–Crippen MR) is 80.2 cm³/mol. The van der Waals surface area contributed by atoms with Gasteiger partial charge in [0, 0.05) is 24.6 Å². The van der Waals surface area contributed by atoms with Crippen LogP contribution in [0.2, 0.25) is 0 Å². The van der Waals surface area contributed by atoms with Crippen molar-refractivity contribution in [1.29, 1.82) is 0 Å². The fourth-order valence-corrected chi connectivity index (χ4v) is 3.24. The Hall–Kier alpha value is -0.860. The number of aliphatic hydroxyl groups excluding tert-OH is 1. The molecule has 0 radical (unpaired) electrons. The quantitative estimate of drug-likeness (QED) is 0.849. The topological polar surface area (TPSA) is 32.3 Å². The molecule has 0 saturated heterocycles. The largest absolute Gasteiger partial charge is 0.396 e. The minimum Gasteiger partial charge on any atom is -0.396 e. The highest BCUT2D eigenvalue weighted by atomic mass is 16.3. The van der Waals surface area contributed by atoms with Crippen LogP contribution >= 0.6 is 0 Å². The first-order chi connectivity index (χ1) is 9.17. The summed E-state index contributed by atoms with van der Waals surface area (Å²) in [5.41, 5.74) is 2.82. The Labute approximate surface area is 117 Å². The highest BCUT2D eigenvalue weighted by molar-refractivity contribution is 5.28. The van der Waals surface area contributed by atoms with Crippen molar-refractivity contribution >= 4 is 0 Å². The summed E-state index contributed by atoms with van der Waals surface area (Å²) >= 11 is 0. The van der Waals surface area contributed by atoms with Crippen molar-refractivity contribution in [3.8, 4) is 0 Å². The maximum atomic E-state index is 9.74. The monoisotopic (exact) mass is 261 g/mol. The van der Waals surface area contributed by atoms with Crippen LogP contribution in [0.3, 0.4) is 0 Å². The number of nitrogens with one attached hydrogen (secondary N) is 1. The van der Waals surface area contributed by atoms with E-state index in [4.69, 9.17) is 0 Å². The summed E-state index contributed by atoms with van der Waals surface area (Å²) in [6.45, 7) is 5.63. The van der Waals surface area contributed by atoms with Gasteiger partial charge in [-0.25, -0.2) is 0 Å². The van der Waals surface area contributed by atoms with Gasteiger partial charge in [0.1, 0.15) is 0 Å². The Kier molecular flexibility index (Phi) is 5.00. The van der Waals surface area contributed by atoms with E-state index in [1.165, 1.54) is 30.4 Å². The lowest BCUT2D eigenvalue weighted by Crippen LogP contribution is -2.40. The molecular weight excluding hydrogens is 234 g/mol. The minimum absolute atomic E-state index is 0.120. The van der Waals surface area contributed by atoms with Crippen molar-refractivity contribution in [2.75, 3.05) is 13.2 Å². The Morgan fingerprint density at radius 1 is 1.21 bits per heavy atom. The van der Waals surface area contributed by atoms with E-state index < -0.39 is 0 Å². The summed E-state index contributed by atoms with van der Waals surface area (Å²) in [5, 5.41) is 13.4. The van der Waals surface area contributed by atoms with Gasteiger partial charge in [-0.3, -0.25) is 0 Å². The molecule has 1 unspecified atom stereocenters. The van der Waals surface area contributed by atoms with E-state index in [1.807, 2.05) is 0 Å². The van der Waals surface area contributed by atoms with E-state index in [1.54, 1.807) is 0 Å². The van der Waals surface area contributed by atoms with Crippen LogP contribution in [-0.2, 0) is 0 Å². The maximum Gasteiger partial charge on any atom is 0.0499 e. The van der Waals surface area contributed by atoms with E-state index >= 15 is 0 Å². The fraction of sp³-hybridized carbons (Fsp3) is 0.647. The van der Waals surface area contributed by atoms with Gasteiger partial charge in [0.2, 0.25) is 0 Å². The van der Waals surface area contributed by atoms with Crippen LogP contribution in [0.15, 0.2) is 24.3 Å². The zero-order chi connectivity index (χ0) is 13.7. The second kappa shape index (κ2) is 6.53. The van der Waals surface area contributed by atoms with Gasteiger partial charge in [-0.1, -0.05) is 43.5 Å². The third-order valence-electron chi connectivity index (χ3n) is 4.69. The molecule has 0 spiro atoms. The second-order valence-corrected chi connectivity index (χ2v) is 6.18. The molecule has 1 aliphatic rings. The lowest BCUT2D eigenvalue weighted by Gasteiger charge is -2.37. The molecule has 2 rings (SSSR count). The molecule has 106 valence electrons. The lowest BCUT2D eigenvalue weighted by atomic mass is 9.74. The molecule has 2 nitrogen and oxygen atoms in total. The number of hydrogen-bond acceptors (Lipinski definition) is 2. The van der Waals surface area contributed by atoms with Crippen LogP contribution in [0, 0.1) is 12.3 Å². The van der Waals surface area contributed by atoms with Gasteiger partial charge in [-0.2, -0.15) is 0 Å². The molecule has 0 heterocycles. The van der Waals surface area contributed by atoms with Gasteiger partial charge in [-0.15, -0.1) is 0 Å². The van der Waals surface area contributed by atoms with Gasteiger partial charge in [0.25, 0.3) is 0 Å². The standard InChI is InChI=1S/C17H27NO/c1-14-8-4-5-9-16(14)15(2)18-12-17(13-19)10-6-3-7-11-17/h4-5,8-9,15,18-19H,3,6-7,10-13H2,1-2H3. The van der Waals surface area contributed by atoms with Crippen LogP contribution in [-0.4, -0.2) is 18.3 Å². The van der Waals surface area contributed by atoms with Crippen LogP contribution in [0.25, 0.3) is 0 Å². The van der Waals surface area contributed by atoms with Crippen molar-refractivity contribution in [3.05, 3.63) is 35.4 Å². The van der Waals surface area contributed by atoms with Crippen molar-refractivity contribution < 1.29 is 5.11 Å². The van der Waals surface area contributed by atoms with E-state index in [-0.39, 0.29) is 5.41 Å². The molecule has 0 amide bonds. The van der Waals surface area contributed by atoms with E-state index in [2.05, 4.69) is 43.4 Å². The highest BCUT2D eigenvalue weighted by Gasteiger charge is 2.31. The summed E-state index contributed by atoms with van der Waals surface area (Å²) in [6, 6.07) is 8.90. The Morgan fingerprint density at radius 2 is 1.89 bits per heavy atom. The number of aryl methyl sites for hydroxylation is 1. The molecule has 1 atom stereocenters. The molecular formula is C17H27NO. The van der Waals surface area contributed by atoms with E-state index in [9.17, 15) is 5.11 Å². The summed E-state index contributed by atoms with van der Waals surface area (Å²) in [7, 11) is 0.